The largest absolute Gasteiger partial charge is 0.352 e. The number of sulfonamides is 1. The molecule has 0 fully saturated rings. The van der Waals surface area contributed by atoms with Gasteiger partial charge < -0.3 is 5.32 Å². The van der Waals surface area contributed by atoms with E-state index in [2.05, 4.69) is 5.32 Å². The van der Waals surface area contributed by atoms with E-state index in [1.165, 1.54) is 12.1 Å². The van der Waals surface area contributed by atoms with Crippen LogP contribution < -0.4 is 10.5 Å². The number of carbonyl (C=O) groups is 1. The molecule has 0 aliphatic rings. The first-order chi connectivity index (χ1) is 8.66. The van der Waals surface area contributed by atoms with Crippen molar-refractivity contribution < 1.29 is 13.2 Å². The Balaban J connectivity index is 2.77. The third-order valence-electron chi connectivity index (χ3n) is 2.63. The molecule has 0 radical (unpaired) electrons. The molecule has 106 valence electrons. The topological polar surface area (TPSA) is 89.3 Å². The van der Waals surface area contributed by atoms with E-state index in [0.29, 0.717) is 5.56 Å². The number of benzene rings is 1. The Bertz CT molecular complexity index is 570. The first-order valence-electron chi connectivity index (χ1n) is 5.63. The number of hydrogen-bond acceptors (Lipinski definition) is 3. The van der Waals surface area contributed by atoms with E-state index in [0.717, 1.165) is 0 Å². The van der Waals surface area contributed by atoms with Gasteiger partial charge in [-0.2, -0.15) is 0 Å². The van der Waals surface area contributed by atoms with E-state index in [-0.39, 0.29) is 23.2 Å². The normalized spacial score (nSPS) is 12.2. The Kier molecular flexibility index (Phi) is 4.95. The summed E-state index contributed by atoms with van der Waals surface area (Å²) >= 11 is 5.70. The predicted octanol–water partition coefficient (Wildman–Crippen LogP) is 1.22. The van der Waals surface area contributed by atoms with Gasteiger partial charge in [-0.25, -0.2) is 13.6 Å². The van der Waals surface area contributed by atoms with Crippen molar-refractivity contribution in [1.29, 1.82) is 0 Å². The zero-order valence-corrected chi connectivity index (χ0v) is 12.4. The van der Waals surface area contributed by atoms with Crippen LogP contribution in [0.5, 0.6) is 0 Å². The minimum Gasteiger partial charge on any atom is -0.352 e. The van der Waals surface area contributed by atoms with Gasteiger partial charge in [-0.3, -0.25) is 4.79 Å². The van der Waals surface area contributed by atoms with Gasteiger partial charge in [0.2, 0.25) is 15.9 Å². The molecule has 0 spiro atoms. The molecule has 1 rings (SSSR count). The number of carbonyl (C=O) groups excluding carboxylic acids is 1. The van der Waals surface area contributed by atoms with Gasteiger partial charge >= 0.3 is 0 Å². The van der Waals surface area contributed by atoms with Crippen molar-refractivity contribution in [1.82, 2.24) is 5.32 Å². The lowest BCUT2D eigenvalue weighted by Crippen LogP contribution is -2.37. The number of halogens is 1. The van der Waals surface area contributed by atoms with Crippen molar-refractivity contribution in [2.75, 3.05) is 5.88 Å². The second-order valence-electron chi connectivity index (χ2n) is 4.89. The highest BCUT2D eigenvalue weighted by atomic mass is 35.5. The van der Waals surface area contributed by atoms with Gasteiger partial charge in [0.1, 0.15) is 0 Å². The predicted molar refractivity (Wildman–Crippen MR) is 74.2 cm³/mol. The summed E-state index contributed by atoms with van der Waals surface area (Å²) in [6.45, 7) is 3.69. The van der Waals surface area contributed by atoms with Crippen molar-refractivity contribution in [3.05, 3.63) is 29.8 Å². The van der Waals surface area contributed by atoms with Crippen LogP contribution in [-0.2, 0) is 21.4 Å². The molecular weight excluding hydrogens is 288 g/mol. The molecule has 0 saturated heterocycles. The maximum absolute atomic E-state index is 11.8. The lowest BCUT2D eigenvalue weighted by atomic mass is 9.95. The smallest absolute Gasteiger partial charge is 0.238 e. The summed E-state index contributed by atoms with van der Waals surface area (Å²) in [7, 11) is -3.73. The van der Waals surface area contributed by atoms with Crippen molar-refractivity contribution in [2.45, 2.75) is 25.3 Å². The van der Waals surface area contributed by atoms with Crippen LogP contribution in [0.4, 0.5) is 0 Å². The van der Waals surface area contributed by atoms with Crippen LogP contribution in [0.2, 0.25) is 0 Å². The minimum absolute atomic E-state index is 0.0239. The van der Waals surface area contributed by atoms with Crippen molar-refractivity contribution in [3.63, 3.8) is 0 Å². The molecule has 5 nitrogen and oxygen atoms in total. The standard InChI is InChI=1S/C12H17ClN2O3S/c1-12(2,8-13)11(16)15-7-9-4-3-5-10(6-9)19(14,17)18/h3-6H,7-8H2,1-2H3,(H,15,16)(H2,14,17,18). The monoisotopic (exact) mass is 304 g/mol. The average Bonchev–Trinajstić information content (AvgIpc) is 2.35. The highest BCUT2D eigenvalue weighted by Gasteiger charge is 2.25. The van der Waals surface area contributed by atoms with E-state index in [4.69, 9.17) is 16.7 Å². The number of alkyl halides is 1. The number of primary sulfonamides is 1. The van der Waals surface area contributed by atoms with Gasteiger partial charge in [-0.1, -0.05) is 12.1 Å². The third kappa shape index (κ3) is 4.49. The second kappa shape index (κ2) is 5.90. The first kappa shape index (κ1) is 15.9. The van der Waals surface area contributed by atoms with Crippen molar-refractivity contribution in [2.24, 2.45) is 10.6 Å². The lowest BCUT2D eigenvalue weighted by molar-refractivity contribution is -0.128. The molecule has 1 amide bonds. The Hall–Kier alpha value is -1.11. The summed E-state index contributed by atoms with van der Waals surface area (Å²) in [6.07, 6.45) is 0. The number of nitrogens with one attached hydrogen (secondary N) is 1. The SMILES string of the molecule is CC(C)(CCl)C(=O)NCc1cccc(S(N)(=O)=O)c1. The summed E-state index contributed by atoms with van der Waals surface area (Å²) in [5.41, 5.74) is -0.00991. The van der Waals surface area contributed by atoms with Crippen LogP contribution in [0.1, 0.15) is 19.4 Å². The van der Waals surface area contributed by atoms with Crippen LogP contribution in [0, 0.1) is 5.41 Å². The molecule has 0 heterocycles. The molecule has 0 saturated carbocycles. The molecular formula is C12H17ClN2O3S. The molecule has 0 bridgehead atoms. The zero-order valence-electron chi connectivity index (χ0n) is 10.8. The molecule has 19 heavy (non-hydrogen) atoms. The van der Waals surface area contributed by atoms with Crippen LogP contribution in [0.25, 0.3) is 0 Å². The molecule has 1 aromatic carbocycles. The third-order valence-corrected chi connectivity index (χ3v) is 4.21. The Morgan fingerprint density at radius 2 is 2.05 bits per heavy atom. The molecule has 0 unspecified atom stereocenters. The van der Waals surface area contributed by atoms with E-state index < -0.39 is 15.4 Å². The highest BCUT2D eigenvalue weighted by Crippen LogP contribution is 2.17. The minimum atomic E-state index is -3.73. The molecule has 0 aromatic heterocycles. The van der Waals surface area contributed by atoms with Crippen molar-refractivity contribution >= 4 is 27.5 Å². The van der Waals surface area contributed by atoms with Crippen LogP contribution in [0.3, 0.4) is 0 Å². The average molecular weight is 305 g/mol. The maximum Gasteiger partial charge on any atom is 0.238 e. The van der Waals surface area contributed by atoms with Crippen LogP contribution in [0.15, 0.2) is 29.2 Å². The number of nitrogens with two attached hydrogens (primary N) is 1. The summed E-state index contributed by atoms with van der Waals surface area (Å²) in [5.74, 6) is 0.0132. The van der Waals surface area contributed by atoms with Crippen LogP contribution >= 0.6 is 11.6 Å². The first-order valence-corrected chi connectivity index (χ1v) is 7.71. The fraction of sp³-hybridized carbons (Fsp3) is 0.417. The molecule has 0 atom stereocenters. The summed E-state index contributed by atoms with van der Waals surface area (Å²) in [5, 5.41) is 7.75. The van der Waals surface area contributed by atoms with E-state index in [1.54, 1.807) is 26.0 Å². The van der Waals surface area contributed by atoms with E-state index in [1.807, 2.05) is 0 Å². The summed E-state index contributed by atoms with van der Waals surface area (Å²) in [6, 6.07) is 6.13. The van der Waals surface area contributed by atoms with Gasteiger partial charge in [0.05, 0.1) is 10.3 Å². The quantitative estimate of drug-likeness (QED) is 0.801. The fourth-order valence-corrected chi connectivity index (χ4v) is 2.02. The van der Waals surface area contributed by atoms with Gasteiger partial charge in [-0.15, -0.1) is 11.6 Å². The number of amides is 1. The second-order valence-corrected chi connectivity index (χ2v) is 6.72. The van der Waals surface area contributed by atoms with E-state index >= 15 is 0 Å². The fourth-order valence-electron chi connectivity index (χ4n) is 1.31. The van der Waals surface area contributed by atoms with Gasteiger partial charge in [-0.05, 0) is 31.5 Å². The molecule has 7 heteroatoms. The maximum atomic E-state index is 11.8. The zero-order chi connectivity index (χ0) is 14.7. The highest BCUT2D eigenvalue weighted by molar-refractivity contribution is 7.89. The summed E-state index contributed by atoms with van der Waals surface area (Å²) < 4.78 is 22.4. The van der Waals surface area contributed by atoms with Crippen molar-refractivity contribution in [3.8, 4) is 0 Å². The van der Waals surface area contributed by atoms with Gasteiger partial charge in [0, 0.05) is 12.4 Å². The molecule has 1 aromatic rings. The summed E-state index contributed by atoms with van der Waals surface area (Å²) in [4.78, 5) is 11.8. The lowest BCUT2D eigenvalue weighted by Gasteiger charge is -2.20. The molecule has 0 aliphatic heterocycles. The number of rotatable bonds is 5. The van der Waals surface area contributed by atoms with Gasteiger partial charge in [0.15, 0.2) is 0 Å². The Morgan fingerprint density at radius 3 is 2.58 bits per heavy atom. The molecule has 0 aliphatic carbocycles. The van der Waals surface area contributed by atoms with Gasteiger partial charge in [0.25, 0.3) is 0 Å². The molecule has 3 N–H and O–H groups in total. The van der Waals surface area contributed by atoms with E-state index in [9.17, 15) is 13.2 Å². The van der Waals surface area contributed by atoms with Crippen LogP contribution in [-0.4, -0.2) is 20.2 Å². The number of hydrogen-bond donors (Lipinski definition) is 2. The Labute approximate surface area is 118 Å². The Morgan fingerprint density at radius 1 is 1.42 bits per heavy atom.